The second kappa shape index (κ2) is 30.1. The minimum atomic E-state index is -0.680. The first-order chi connectivity index (χ1) is 38.2. The zero-order valence-electron chi connectivity index (χ0n) is 50.2. The van der Waals surface area contributed by atoms with E-state index in [9.17, 15) is 28.8 Å². The second-order valence-corrected chi connectivity index (χ2v) is 25.2. The second-order valence-electron chi connectivity index (χ2n) is 25.2. The maximum absolute atomic E-state index is 14.5. The summed E-state index contributed by atoms with van der Waals surface area (Å²) in [5, 5.41) is 6.15. The predicted molar refractivity (Wildman–Crippen MR) is 323 cm³/mol. The average Bonchev–Trinajstić information content (AvgIpc) is 4.14. The summed E-state index contributed by atoms with van der Waals surface area (Å²) in [6.45, 7) is 20.7. The molecule has 2 fully saturated rings. The number of ketones is 1. The van der Waals surface area contributed by atoms with Crippen molar-refractivity contribution in [1.82, 2.24) is 30.2 Å². The highest BCUT2D eigenvalue weighted by Gasteiger charge is 2.42. The summed E-state index contributed by atoms with van der Waals surface area (Å²) in [6.07, 6.45) is 10.1. The summed E-state index contributed by atoms with van der Waals surface area (Å²) in [6, 6.07) is 35.9. The van der Waals surface area contributed by atoms with Gasteiger partial charge in [0.15, 0.2) is 0 Å². The Bertz CT molecular complexity index is 2460. The molecule has 2 saturated heterocycles. The number of carbonyl (C=O) groups is 6. The molecule has 2 aliphatic rings. The molecule has 5 amide bonds. The molecule has 0 unspecified atom stereocenters. The number of unbranched alkanes of at least 4 members (excludes halogenated alkanes) is 5. The molecular weight excluding hydrogens is 997 g/mol. The normalized spacial score (nSPS) is 17.1. The minimum absolute atomic E-state index is 0.0000574. The van der Waals surface area contributed by atoms with Crippen LogP contribution >= 0.6 is 0 Å². The molecule has 12 heteroatoms. The van der Waals surface area contributed by atoms with E-state index in [2.05, 4.69) is 71.3 Å². The van der Waals surface area contributed by atoms with Gasteiger partial charge in [0.25, 0.3) is 0 Å². The molecule has 0 aliphatic carbocycles. The molecule has 4 aromatic carbocycles. The lowest BCUT2D eigenvalue weighted by Gasteiger charge is -2.37. The van der Waals surface area contributed by atoms with Gasteiger partial charge in [0.05, 0.1) is 6.04 Å². The summed E-state index contributed by atoms with van der Waals surface area (Å²) < 4.78 is 0. The lowest BCUT2D eigenvalue weighted by molar-refractivity contribution is -0.144. The van der Waals surface area contributed by atoms with Crippen LogP contribution in [0.25, 0.3) is 22.3 Å². The largest absolute Gasteiger partial charge is 0.344 e. The highest BCUT2D eigenvalue weighted by Crippen LogP contribution is 2.35. The Morgan fingerprint density at radius 1 is 0.575 bits per heavy atom. The van der Waals surface area contributed by atoms with E-state index in [1.54, 1.807) is 7.05 Å². The minimum Gasteiger partial charge on any atom is -0.344 e. The molecule has 2 aliphatic heterocycles. The summed E-state index contributed by atoms with van der Waals surface area (Å²) in [4.78, 5) is 92.0. The van der Waals surface area contributed by atoms with E-state index in [0.29, 0.717) is 58.5 Å². The van der Waals surface area contributed by atoms with E-state index >= 15 is 0 Å². The molecule has 434 valence electrons. The van der Waals surface area contributed by atoms with Gasteiger partial charge >= 0.3 is 0 Å². The van der Waals surface area contributed by atoms with Crippen molar-refractivity contribution in [2.75, 3.05) is 33.2 Å². The van der Waals surface area contributed by atoms with Gasteiger partial charge in [0.2, 0.25) is 29.5 Å². The van der Waals surface area contributed by atoms with Crippen LogP contribution < -0.4 is 10.6 Å². The van der Waals surface area contributed by atoms with Gasteiger partial charge in [0, 0.05) is 82.5 Å². The smallest absolute Gasteiger partial charge is 0.246 e. The van der Waals surface area contributed by atoms with Crippen molar-refractivity contribution >= 4 is 35.3 Å². The van der Waals surface area contributed by atoms with Crippen LogP contribution in [0.15, 0.2) is 109 Å². The maximum Gasteiger partial charge on any atom is 0.246 e. The number of rotatable bonds is 28. The van der Waals surface area contributed by atoms with Crippen molar-refractivity contribution in [3.8, 4) is 22.3 Å². The lowest BCUT2D eigenvalue weighted by Crippen LogP contribution is -2.57. The number of amides is 5. The Hall–Kier alpha value is -6.14. The van der Waals surface area contributed by atoms with E-state index in [1.807, 2.05) is 130 Å². The summed E-state index contributed by atoms with van der Waals surface area (Å²) in [5.41, 5.74) is 5.55. The van der Waals surface area contributed by atoms with Crippen molar-refractivity contribution in [1.29, 1.82) is 0 Å². The van der Waals surface area contributed by atoms with E-state index < -0.39 is 22.8 Å². The van der Waals surface area contributed by atoms with Gasteiger partial charge < -0.3 is 30.2 Å². The fourth-order valence-corrected chi connectivity index (χ4v) is 11.4. The van der Waals surface area contributed by atoms with Gasteiger partial charge in [0.1, 0.15) is 11.8 Å². The fourth-order valence-electron chi connectivity index (χ4n) is 11.4. The average molecular weight is 1090 g/mol. The third-order valence-corrected chi connectivity index (χ3v) is 16.9. The monoisotopic (exact) mass is 1090 g/mol. The van der Waals surface area contributed by atoms with Crippen molar-refractivity contribution in [2.45, 2.75) is 189 Å². The Kier molecular flexibility index (Phi) is 23.7. The molecule has 6 atom stereocenters. The van der Waals surface area contributed by atoms with Gasteiger partial charge in [-0.2, -0.15) is 0 Å². The van der Waals surface area contributed by atoms with Crippen molar-refractivity contribution < 1.29 is 28.8 Å². The van der Waals surface area contributed by atoms with Gasteiger partial charge in [-0.3, -0.25) is 28.8 Å². The molecule has 6 rings (SSSR count). The van der Waals surface area contributed by atoms with Crippen LogP contribution in [0.3, 0.4) is 0 Å². The molecule has 12 nitrogen and oxygen atoms in total. The molecular formula is C68H96N6O6. The number of hydrogen-bond acceptors (Lipinski definition) is 7. The molecule has 0 spiro atoms. The summed E-state index contributed by atoms with van der Waals surface area (Å²) >= 11 is 0. The Labute approximate surface area is 480 Å². The first-order valence-corrected chi connectivity index (χ1v) is 30.1. The van der Waals surface area contributed by atoms with Crippen LogP contribution in [0, 0.1) is 22.7 Å². The third-order valence-electron chi connectivity index (χ3n) is 16.9. The van der Waals surface area contributed by atoms with Crippen LogP contribution in [0.4, 0.5) is 0 Å². The number of likely N-dealkylation sites (N-methyl/N-ethyl adjacent to an activating group) is 1. The SMILES string of the molecule is CC[C@@H](C)C(=O)N[C@H](C(=O)N1CCC[C@H]1CN(Cc1cccc(-c2ccccc2)c1)C(=O)CCCCCCCCC(=O)N(Cc1cccc(-c2ccccc2)c1)C[C@@H]1CCCN1C(=O)[C@@H](CC(=O)[C@H](C)NC)C(C)(C)C)C(C)(C)C. The Morgan fingerprint density at radius 2 is 1.01 bits per heavy atom. The van der Waals surface area contributed by atoms with Crippen molar-refractivity contribution in [3.05, 3.63) is 120 Å². The molecule has 0 radical (unpaired) electrons. The number of hydrogen-bond donors (Lipinski definition) is 2. The molecule has 4 aromatic rings. The third kappa shape index (κ3) is 18.2. The highest BCUT2D eigenvalue weighted by molar-refractivity contribution is 5.91. The van der Waals surface area contributed by atoms with Crippen LogP contribution in [0.5, 0.6) is 0 Å². The van der Waals surface area contributed by atoms with Gasteiger partial charge in [-0.15, -0.1) is 0 Å². The van der Waals surface area contributed by atoms with E-state index in [-0.39, 0.29) is 65.8 Å². The Morgan fingerprint density at radius 3 is 1.44 bits per heavy atom. The zero-order chi connectivity index (χ0) is 58.0. The maximum atomic E-state index is 14.5. The standard InChI is InChI=1S/C68H96N6O6/c1-11-49(2)64(78)70-63(68(7,8)9)66(80)74-41-27-37-58(74)48-72(46-52-29-25-35-56(43-52)54-32-20-17-21-33-54)62(77)39-23-15-13-12-14-22-38-61(76)71(45-51-28-24-34-55(42-51)53-30-18-16-19-31-53)47-57-36-26-40-73(57)65(79)59(67(4,5)6)44-60(75)50(3)69-10/h16-21,24-25,28-35,42-43,49-50,57-59,63,69H,11-15,22-23,26-27,36-41,44-48H2,1-10H3,(H,70,78)/t49-,50+,57+,58+,59-,63-/m1/s1. The molecule has 2 N–H and O–H groups in total. The van der Waals surface area contributed by atoms with Crippen molar-refractivity contribution in [3.63, 3.8) is 0 Å². The van der Waals surface area contributed by atoms with Crippen LogP contribution in [-0.4, -0.2) is 112 Å². The molecule has 2 heterocycles. The number of carbonyl (C=O) groups excluding carboxylic acids is 6. The van der Waals surface area contributed by atoms with Crippen LogP contribution in [-0.2, 0) is 41.9 Å². The van der Waals surface area contributed by atoms with E-state index in [1.165, 1.54) is 0 Å². The number of nitrogens with one attached hydrogen (secondary N) is 2. The Balaban J connectivity index is 1.08. The van der Waals surface area contributed by atoms with Crippen LogP contribution in [0.1, 0.15) is 163 Å². The van der Waals surface area contributed by atoms with Crippen LogP contribution in [0.2, 0.25) is 0 Å². The first kappa shape index (κ1) is 63.0. The number of nitrogens with zero attached hydrogens (tertiary/aromatic N) is 4. The highest BCUT2D eigenvalue weighted by atomic mass is 16.2. The lowest BCUT2D eigenvalue weighted by atomic mass is 9.76. The molecule has 0 saturated carbocycles. The topological polar surface area (TPSA) is 139 Å². The first-order valence-electron chi connectivity index (χ1n) is 30.1. The van der Waals surface area contributed by atoms with Gasteiger partial charge in [-0.1, -0.05) is 178 Å². The van der Waals surface area contributed by atoms with E-state index in [4.69, 9.17) is 0 Å². The zero-order valence-corrected chi connectivity index (χ0v) is 50.2. The van der Waals surface area contributed by atoms with Gasteiger partial charge in [-0.25, -0.2) is 0 Å². The van der Waals surface area contributed by atoms with Gasteiger partial charge in [-0.05, 0) is 115 Å². The van der Waals surface area contributed by atoms with Crippen molar-refractivity contribution in [2.24, 2.45) is 22.7 Å². The number of Topliss-reactive ketones (excluding diaryl/α,β-unsaturated/α-hetero) is 1. The quantitative estimate of drug-likeness (QED) is 0.0540. The number of likely N-dealkylation sites (tertiary alicyclic amines) is 2. The summed E-state index contributed by atoms with van der Waals surface area (Å²) in [5.74, 6) is -0.698. The fraction of sp³-hybridized carbons (Fsp3) is 0.559. The predicted octanol–water partition coefficient (Wildman–Crippen LogP) is 12.3. The molecule has 0 bridgehead atoms. The number of benzene rings is 4. The summed E-state index contributed by atoms with van der Waals surface area (Å²) in [7, 11) is 1.77. The molecule has 80 heavy (non-hydrogen) atoms. The molecule has 0 aromatic heterocycles. The van der Waals surface area contributed by atoms with E-state index in [0.717, 1.165) is 97.6 Å².